The Labute approximate surface area is 111 Å². The van der Waals surface area contributed by atoms with Crippen LogP contribution in [-0.4, -0.2) is 12.6 Å². The fourth-order valence-corrected chi connectivity index (χ4v) is 1.89. The van der Waals surface area contributed by atoms with Crippen molar-refractivity contribution in [3.05, 3.63) is 24.3 Å². The van der Waals surface area contributed by atoms with E-state index in [0.717, 1.165) is 25.4 Å². The number of carbonyl (C=O) groups is 2. The predicted molar refractivity (Wildman–Crippen MR) is 76.6 cm³/mol. The van der Waals surface area contributed by atoms with Gasteiger partial charge in [0.2, 0.25) is 0 Å². The molecule has 0 atom stereocenters. The molecule has 0 N–H and O–H groups in total. The third kappa shape index (κ3) is 14.8. The van der Waals surface area contributed by atoms with Gasteiger partial charge >= 0.3 is 0 Å². The molecule has 0 aliphatic carbocycles. The van der Waals surface area contributed by atoms with Crippen LogP contribution in [0.15, 0.2) is 24.3 Å². The van der Waals surface area contributed by atoms with E-state index in [-0.39, 0.29) is 0 Å². The van der Waals surface area contributed by atoms with E-state index in [0.29, 0.717) is 0 Å². The van der Waals surface area contributed by atoms with Gasteiger partial charge in [-0.15, -0.1) is 0 Å². The normalized spacial score (nSPS) is 11.3. The molecule has 0 heterocycles. The maximum absolute atomic E-state index is 10.0. The molecule has 0 spiro atoms. The molecule has 0 amide bonds. The zero-order valence-corrected chi connectivity index (χ0v) is 11.4. The Morgan fingerprint density at radius 2 is 0.833 bits per heavy atom. The van der Waals surface area contributed by atoms with Crippen LogP contribution < -0.4 is 0 Å². The molecule has 102 valence electrons. The molecule has 0 aliphatic rings. The van der Waals surface area contributed by atoms with Crippen molar-refractivity contribution in [1.29, 1.82) is 0 Å². The molecule has 2 nitrogen and oxygen atoms in total. The Bertz CT molecular complexity index is 215. The van der Waals surface area contributed by atoms with Crippen molar-refractivity contribution >= 4 is 12.6 Å². The van der Waals surface area contributed by atoms with Crippen molar-refractivity contribution in [3.63, 3.8) is 0 Å². The van der Waals surface area contributed by atoms with Crippen molar-refractivity contribution in [1.82, 2.24) is 0 Å². The monoisotopic (exact) mass is 250 g/mol. The van der Waals surface area contributed by atoms with Gasteiger partial charge in [0.05, 0.1) is 0 Å². The lowest BCUT2D eigenvalue weighted by atomic mass is 10.1. The van der Waals surface area contributed by atoms with Gasteiger partial charge in [-0.25, -0.2) is 0 Å². The molecule has 0 bridgehead atoms. The molecule has 0 saturated carbocycles. The van der Waals surface area contributed by atoms with Crippen LogP contribution >= 0.6 is 0 Å². The molecule has 2 heteroatoms. The van der Waals surface area contributed by atoms with E-state index in [1.807, 2.05) is 12.2 Å². The molecule has 0 radical (unpaired) electrons. The molecule has 0 aromatic rings. The highest BCUT2D eigenvalue weighted by molar-refractivity contribution is 5.64. The summed E-state index contributed by atoms with van der Waals surface area (Å²) >= 11 is 0. The first-order chi connectivity index (χ1) is 8.91. The highest BCUT2D eigenvalue weighted by atomic mass is 16.1. The molecule has 0 aromatic heterocycles. The summed E-state index contributed by atoms with van der Waals surface area (Å²) in [7, 11) is 0. The SMILES string of the molecule is O=C/C=C/CCCCCCCCCC/C=C/C=O. The molecule has 0 fully saturated rings. The summed E-state index contributed by atoms with van der Waals surface area (Å²) in [5, 5.41) is 0. The second-order valence-corrected chi connectivity index (χ2v) is 4.53. The van der Waals surface area contributed by atoms with Gasteiger partial charge in [0.15, 0.2) is 0 Å². The molecule has 0 saturated heterocycles. The van der Waals surface area contributed by atoms with Crippen LogP contribution in [-0.2, 0) is 9.59 Å². The third-order valence-corrected chi connectivity index (χ3v) is 2.92. The second kappa shape index (κ2) is 15.8. The molecule has 0 aliphatic heterocycles. The average Bonchev–Trinajstić information content (AvgIpc) is 2.39. The van der Waals surface area contributed by atoms with E-state index >= 15 is 0 Å². The minimum Gasteiger partial charge on any atom is -0.299 e. The number of aldehydes is 2. The van der Waals surface area contributed by atoms with Gasteiger partial charge in [-0.2, -0.15) is 0 Å². The van der Waals surface area contributed by atoms with E-state index in [2.05, 4.69) is 0 Å². The van der Waals surface area contributed by atoms with Gasteiger partial charge in [-0.3, -0.25) is 9.59 Å². The molecule has 0 unspecified atom stereocenters. The van der Waals surface area contributed by atoms with Crippen molar-refractivity contribution < 1.29 is 9.59 Å². The summed E-state index contributed by atoms with van der Waals surface area (Å²) in [4.78, 5) is 20.0. The number of rotatable bonds is 13. The highest BCUT2D eigenvalue weighted by Crippen LogP contribution is 2.10. The Morgan fingerprint density at radius 1 is 0.500 bits per heavy atom. The van der Waals surface area contributed by atoms with Crippen LogP contribution in [0.1, 0.15) is 64.2 Å². The Hall–Kier alpha value is -1.18. The van der Waals surface area contributed by atoms with E-state index in [9.17, 15) is 9.59 Å². The predicted octanol–water partition coefficient (Wildman–Crippen LogP) is 4.40. The standard InChI is InChI=1S/C16H26O2/c17-15-13-11-9-7-5-3-1-2-4-6-8-10-12-14-16-18/h11-16H,1-10H2/b13-11+,14-12+. The number of hydrogen-bond donors (Lipinski definition) is 0. The summed E-state index contributed by atoms with van der Waals surface area (Å²) in [6.45, 7) is 0. The van der Waals surface area contributed by atoms with Crippen LogP contribution in [0, 0.1) is 0 Å². The minimum atomic E-state index is 0.838. The fourth-order valence-electron chi connectivity index (χ4n) is 1.89. The number of carbonyl (C=O) groups excluding carboxylic acids is 2. The highest BCUT2D eigenvalue weighted by Gasteiger charge is 1.91. The van der Waals surface area contributed by atoms with Gasteiger partial charge in [-0.05, 0) is 37.8 Å². The van der Waals surface area contributed by atoms with Crippen molar-refractivity contribution in [2.45, 2.75) is 64.2 Å². The second-order valence-electron chi connectivity index (χ2n) is 4.53. The third-order valence-electron chi connectivity index (χ3n) is 2.92. The first-order valence-corrected chi connectivity index (χ1v) is 7.12. The van der Waals surface area contributed by atoms with E-state index in [1.54, 1.807) is 12.2 Å². The summed E-state index contributed by atoms with van der Waals surface area (Å²) in [5.41, 5.74) is 0. The van der Waals surface area contributed by atoms with Crippen LogP contribution in [0.4, 0.5) is 0 Å². The maximum Gasteiger partial charge on any atom is 0.142 e. The molecule has 0 rings (SSSR count). The number of allylic oxidation sites excluding steroid dienone is 4. The Balaban J connectivity index is 3.02. The van der Waals surface area contributed by atoms with Crippen molar-refractivity contribution in [2.24, 2.45) is 0 Å². The topological polar surface area (TPSA) is 34.1 Å². The Morgan fingerprint density at radius 3 is 1.17 bits per heavy atom. The van der Waals surface area contributed by atoms with Crippen LogP contribution in [0.3, 0.4) is 0 Å². The zero-order chi connectivity index (χ0) is 13.3. The van der Waals surface area contributed by atoms with Crippen LogP contribution in [0.5, 0.6) is 0 Å². The Kier molecular flexibility index (Phi) is 14.8. The average molecular weight is 250 g/mol. The van der Waals surface area contributed by atoms with Crippen molar-refractivity contribution in [2.75, 3.05) is 0 Å². The maximum atomic E-state index is 10.0. The largest absolute Gasteiger partial charge is 0.299 e. The van der Waals surface area contributed by atoms with Gasteiger partial charge in [0.1, 0.15) is 12.6 Å². The van der Waals surface area contributed by atoms with E-state index < -0.39 is 0 Å². The molecule has 0 aromatic carbocycles. The summed E-state index contributed by atoms with van der Waals surface area (Å²) < 4.78 is 0. The van der Waals surface area contributed by atoms with Gasteiger partial charge in [0.25, 0.3) is 0 Å². The van der Waals surface area contributed by atoms with Gasteiger partial charge < -0.3 is 0 Å². The van der Waals surface area contributed by atoms with E-state index in [1.165, 1.54) is 51.4 Å². The van der Waals surface area contributed by atoms with Gasteiger partial charge in [0, 0.05) is 0 Å². The molecule has 18 heavy (non-hydrogen) atoms. The quantitative estimate of drug-likeness (QED) is 0.276. The minimum absolute atomic E-state index is 0.838. The summed E-state index contributed by atoms with van der Waals surface area (Å²) in [6.07, 6.45) is 21.0. The van der Waals surface area contributed by atoms with Crippen LogP contribution in [0.2, 0.25) is 0 Å². The smallest absolute Gasteiger partial charge is 0.142 e. The summed E-state index contributed by atoms with van der Waals surface area (Å²) in [5.74, 6) is 0. The summed E-state index contributed by atoms with van der Waals surface area (Å²) in [6, 6.07) is 0. The lowest BCUT2D eigenvalue weighted by Crippen LogP contribution is -1.81. The lowest BCUT2D eigenvalue weighted by Gasteiger charge is -2.00. The number of unbranched alkanes of at least 4 members (excludes halogenated alkanes) is 9. The molecular formula is C16H26O2. The molecular weight excluding hydrogens is 224 g/mol. The first kappa shape index (κ1) is 16.8. The lowest BCUT2D eigenvalue weighted by molar-refractivity contribution is -0.104. The van der Waals surface area contributed by atoms with Crippen molar-refractivity contribution in [3.8, 4) is 0 Å². The number of hydrogen-bond acceptors (Lipinski definition) is 2. The van der Waals surface area contributed by atoms with E-state index in [4.69, 9.17) is 0 Å². The van der Waals surface area contributed by atoms with Gasteiger partial charge in [-0.1, -0.05) is 50.7 Å². The van der Waals surface area contributed by atoms with Crippen LogP contribution in [0.25, 0.3) is 0 Å². The zero-order valence-electron chi connectivity index (χ0n) is 11.4. The fraction of sp³-hybridized carbons (Fsp3) is 0.625. The first-order valence-electron chi connectivity index (χ1n) is 7.12.